The SMILES string of the molecule is CC(C)C(C(=O)NCC(C)(O)c1cnn(C)c1)c1cccc(Cl)c1. The van der Waals surface area contributed by atoms with E-state index in [1.54, 1.807) is 37.1 Å². The van der Waals surface area contributed by atoms with Crippen molar-refractivity contribution in [3.05, 3.63) is 52.8 Å². The predicted molar refractivity (Wildman–Crippen MR) is 94.8 cm³/mol. The lowest BCUT2D eigenvalue weighted by Gasteiger charge is -2.26. The van der Waals surface area contributed by atoms with Gasteiger partial charge < -0.3 is 10.4 Å². The highest BCUT2D eigenvalue weighted by Crippen LogP contribution is 2.27. The van der Waals surface area contributed by atoms with Crippen LogP contribution in [0.25, 0.3) is 0 Å². The second-order valence-corrected chi connectivity index (χ2v) is 7.11. The number of nitrogens with zero attached hydrogens (tertiary/aromatic N) is 2. The number of benzene rings is 1. The molecule has 2 rings (SSSR count). The molecule has 0 aliphatic carbocycles. The number of halogens is 1. The Morgan fingerprint density at radius 1 is 1.46 bits per heavy atom. The molecule has 0 spiro atoms. The van der Waals surface area contributed by atoms with Gasteiger partial charge in [0, 0.05) is 23.8 Å². The first-order valence-corrected chi connectivity index (χ1v) is 8.33. The van der Waals surface area contributed by atoms with Crippen molar-refractivity contribution in [1.82, 2.24) is 15.1 Å². The Hall–Kier alpha value is -1.85. The topological polar surface area (TPSA) is 67.2 Å². The Kier molecular flexibility index (Phi) is 5.67. The minimum atomic E-state index is -1.18. The molecule has 0 aliphatic heterocycles. The van der Waals surface area contributed by atoms with Crippen LogP contribution in [-0.4, -0.2) is 27.3 Å². The molecular weight excluding hydrogens is 326 g/mol. The van der Waals surface area contributed by atoms with Crippen LogP contribution in [0.4, 0.5) is 0 Å². The van der Waals surface area contributed by atoms with Gasteiger partial charge in [0.1, 0.15) is 5.60 Å². The minimum Gasteiger partial charge on any atom is -0.383 e. The van der Waals surface area contributed by atoms with E-state index in [9.17, 15) is 9.90 Å². The average Bonchev–Trinajstić information content (AvgIpc) is 2.93. The molecule has 6 heteroatoms. The quantitative estimate of drug-likeness (QED) is 0.842. The molecule has 0 bridgehead atoms. The van der Waals surface area contributed by atoms with Crippen molar-refractivity contribution < 1.29 is 9.90 Å². The van der Waals surface area contributed by atoms with Crippen LogP contribution in [-0.2, 0) is 17.4 Å². The highest BCUT2D eigenvalue weighted by atomic mass is 35.5. The molecular formula is C18H24ClN3O2. The maximum absolute atomic E-state index is 12.7. The van der Waals surface area contributed by atoms with E-state index in [0.717, 1.165) is 5.56 Å². The molecule has 0 radical (unpaired) electrons. The Labute approximate surface area is 147 Å². The van der Waals surface area contributed by atoms with Crippen LogP contribution < -0.4 is 5.32 Å². The van der Waals surface area contributed by atoms with Gasteiger partial charge in [-0.05, 0) is 30.5 Å². The number of aryl methyl sites for hydroxylation is 1. The number of aliphatic hydroxyl groups is 1. The van der Waals surface area contributed by atoms with Crippen molar-refractivity contribution in [2.75, 3.05) is 6.54 Å². The first-order valence-electron chi connectivity index (χ1n) is 7.95. The van der Waals surface area contributed by atoms with Crippen molar-refractivity contribution in [1.29, 1.82) is 0 Å². The minimum absolute atomic E-state index is 0.104. The smallest absolute Gasteiger partial charge is 0.227 e. The second kappa shape index (κ2) is 7.36. The molecule has 1 aromatic heterocycles. The zero-order valence-corrected chi connectivity index (χ0v) is 15.2. The van der Waals surface area contributed by atoms with Gasteiger partial charge >= 0.3 is 0 Å². The van der Waals surface area contributed by atoms with Gasteiger partial charge in [-0.1, -0.05) is 37.6 Å². The van der Waals surface area contributed by atoms with Crippen LogP contribution >= 0.6 is 11.6 Å². The van der Waals surface area contributed by atoms with Crippen LogP contribution in [0.1, 0.15) is 37.8 Å². The van der Waals surface area contributed by atoms with Crippen molar-refractivity contribution >= 4 is 17.5 Å². The Morgan fingerprint density at radius 3 is 2.71 bits per heavy atom. The van der Waals surface area contributed by atoms with Crippen molar-refractivity contribution in [3.63, 3.8) is 0 Å². The molecule has 0 saturated carbocycles. The van der Waals surface area contributed by atoms with Gasteiger partial charge in [-0.25, -0.2) is 0 Å². The molecule has 0 fully saturated rings. The van der Waals surface area contributed by atoms with Gasteiger partial charge in [0.2, 0.25) is 5.91 Å². The molecule has 130 valence electrons. The summed E-state index contributed by atoms with van der Waals surface area (Å²) < 4.78 is 1.62. The molecule has 24 heavy (non-hydrogen) atoms. The molecule has 2 unspecified atom stereocenters. The van der Waals surface area contributed by atoms with E-state index < -0.39 is 5.60 Å². The Bertz CT molecular complexity index is 710. The van der Waals surface area contributed by atoms with Gasteiger partial charge in [0.25, 0.3) is 0 Å². The summed E-state index contributed by atoms with van der Waals surface area (Å²) in [5.74, 6) is -0.350. The number of nitrogens with one attached hydrogen (secondary N) is 1. The number of carbonyl (C=O) groups excluding carboxylic acids is 1. The van der Waals surface area contributed by atoms with Gasteiger partial charge in [-0.2, -0.15) is 5.10 Å². The van der Waals surface area contributed by atoms with Crippen LogP contribution in [0, 0.1) is 5.92 Å². The third-order valence-electron chi connectivity index (χ3n) is 4.09. The summed E-state index contributed by atoms with van der Waals surface area (Å²) in [6, 6.07) is 7.33. The van der Waals surface area contributed by atoms with E-state index in [4.69, 9.17) is 11.6 Å². The lowest BCUT2D eigenvalue weighted by Crippen LogP contribution is -2.41. The van der Waals surface area contributed by atoms with Crippen LogP contribution in [0.5, 0.6) is 0 Å². The summed E-state index contributed by atoms with van der Waals surface area (Å²) in [6.45, 7) is 5.75. The zero-order chi connectivity index (χ0) is 17.9. The van der Waals surface area contributed by atoms with Crippen LogP contribution in [0.15, 0.2) is 36.7 Å². The fraction of sp³-hybridized carbons (Fsp3) is 0.444. The number of hydrogen-bond donors (Lipinski definition) is 2. The molecule has 0 saturated heterocycles. The molecule has 2 atom stereocenters. The lowest BCUT2D eigenvalue weighted by molar-refractivity contribution is -0.124. The number of hydrogen-bond acceptors (Lipinski definition) is 3. The first-order chi connectivity index (χ1) is 11.2. The summed E-state index contributed by atoms with van der Waals surface area (Å²) in [4.78, 5) is 12.7. The predicted octanol–water partition coefficient (Wildman–Crippen LogP) is 2.84. The van der Waals surface area contributed by atoms with Gasteiger partial charge in [0.05, 0.1) is 18.7 Å². The molecule has 1 aromatic carbocycles. The maximum Gasteiger partial charge on any atom is 0.227 e. The highest BCUT2D eigenvalue weighted by molar-refractivity contribution is 6.30. The van der Waals surface area contributed by atoms with Crippen molar-refractivity contribution in [2.45, 2.75) is 32.3 Å². The largest absolute Gasteiger partial charge is 0.383 e. The molecule has 2 aromatic rings. The van der Waals surface area contributed by atoms with E-state index in [1.165, 1.54) is 0 Å². The maximum atomic E-state index is 12.7. The molecule has 1 amide bonds. The fourth-order valence-electron chi connectivity index (χ4n) is 2.71. The zero-order valence-electron chi connectivity index (χ0n) is 14.5. The van der Waals surface area contributed by atoms with Crippen molar-refractivity contribution in [3.8, 4) is 0 Å². The second-order valence-electron chi connectivity index (χ2n) is 6.67. The lowest BCUT2D eigenvalue weighted by atomic mass is 9.87. The summed E-state index contributed by atoms with van der Waals surface area (Å²) in [5, 5.41) is 18.1. The molecule has 1 heterocycles. The standard InChI is InChI=1S/C18H24ClN3O2/c1-12(2)16(13-6-5-7-15(19)8-13)17(23)20-11-18(3,24)14-9-21-22(4)10-14/h5-10,12,16,24H,11H2,1-4H3,(H,20,23). The number of carbonyl (C=O) groups is 1. The summed E-state index contributed by atoms with van der Waals surface area (Å²) in [5.41, 5.74) is 0.352. The van der Waals surface area contributed by atoms with Gasteiger partial charge in [-0.15, -0.1) is 0 Å². The number of amides is 1. The van der Waals surface area contributed by atoms with Gasteiger partial charge in [-0.3, -0.25) is 9.48 Å². The van der Waals surface area contributed by atoms with Gasteiger partial charge in [0.15, 0.2) is 0 Å². The Balaban J connectivity index is 2.11. The molecule has 2 N–H and O–H groups in total. The summed E-state index contributed by atoms with van der Waals surface area (Å²) in [6.07, 6.45) is 3.34. The van der Waals surface area contributed by atoms with Crippen molar-refractivity contribution in [2.24, 2.45) is 13.0 Å². The summed E-state index contributed by atoms with van der Waals surface area (Å²) in [7, 11) is 1.78. The monoisotopic (exact) mass is 349 g/mol. The van der Waals surface area contributed by atoms with E-state index in [0.29, 0.717) is 10.6 Å². The normalized spacial score (nSPS) is 15.1. The molecule has 0 aliphatic rings. The van der Waals surface area contributed by atoms with E-state index in [2.05, 4.69) is 10.4 Å². The first kappa shape index (κ1) is 18.5. The van der Waals surface area contributed by atoms with Crippen LogP contribution in [0.2, 0.25) is 5.02 Å². The van der Waals surface area contributed by atoms with Crippen LogP contribution in [0.3, 0.4) is 0 Å². The molecule has 5 nitrogen and oxygen atoms in total. The number of rotatable bonds is 6. The fourth-order valence-corrected chi connectivity index (χ4v) is 2.91. The van der Waals surface area contributed by atoms with E-state index in [-0.39, 0.29) is 24.3 Å². The summed E-state index contributed by atoms with van der Waals surface area (Å²) >= 11 is 6.05. The number of aromatic nitrogens is 2. The Morgan fingerprint density at radius 2 is 2.17 bits per heavy atom. The average molecular weight is 350 g/mol. The third kappa shape index (κ3) is 4.36. The van der Waals surface area contributed by atoms with E-state index >= 15 is 0 Å². The van der Waals surface area contributed by atoms with E-state index in [1.807, 2.05) is 32.0 Å². The highest BCUT2D eigenvalue weighted by Gasteiger charge is 2.29. The third-order valence-corrected chi connectivity index (χ3v) is 4.33.